The summed E-state index contributed by atoms with van der Waals surface area (Å²) in [5, 5.41) is 23.3. The molecule has 8 nitrogen and oxygen atoms in total. The average Bonchev–Trinajstić information content (AvgIpc) is 2.90. The second-order valence-electron chi connectivity index (χ2n) is 10.5. The van der Waals surface area contributed by atoms with E-state index in [4.69, 9.17) is 10.2 Å². The first-order chi connectivity index (χ1) is 19.7. The Morgan fingerprint density at radius 2 is 1.10 bits per heavy atom. The van der Waals surface area contributed by atoms with Crippen LogP contribution in [0.2, 0.25) is 0 Å². The average molecular weight is 615 g/mol. The molecule has 0 unspecified atom stereocenters. The van der Waals surface area contributed by atoms with Crippen LogP contribution in [0.15, 0.2) is 24.3 Å². The van der Waals surface area contributed by atoms with E-state index in [1.54, 1.807) is 21.6 Å². The fourth-order valence-electron chi connectivity index (χ4n) is 4.16. The predicted molar refractivity (Wildman–Crippen MR) is 172 cm³/mol. The van der Waals surface area contributed by atoms with Crippen molar-refractivity contribution in [1.82, 2.24) is 10.6 Å². The van der Waals surface area contributed by atoms with Crippen LogP contribution in [-0.2, 0) is 19.2 Å². The third-order valence-electron chi connectivity index (χ3n) is 6.41. The Balaban J connectivity index is 4.27. The number of rotatable bonds is 28. The predicted octanol–water partition coefficient (Wildman–Crippen LogP) is 7.15. The topological polar surface area (TPSA) is 133 Å². The number of amides is 2. The first kappa shape index (κ1) is 39.1. The Hall–Kier alpha value is -1.94. The molecule has 2 atom stereocenters. The molecule has 0 bridgehead atoms. The molecule has 4 N–H and O–H groups in total. The highest BCUT2D eigenvalue weighted by Crippen LogP contribution is 2.26. The highest BCUT2D eigenvalue weighted by atomic mass is 33.1. The minimum absolute atomic E-state index is 0.0190. The summed E-state index contributed by atoms with van der Waals surface area (Å²) in [5.74, 6) is 0.375. The number of aliphatic carboxylic acids is 2. The number of nitrogens with one attached hydrogen (secondary N) is 2. The SMILES string of the molecule is CC(=O)NC[C@H](/C=C/CCCCCCCCC(=O)O)CSSC[C@@H](/C=C/CCCCCCCCC(=O)O)NC(C)=O. The van der Waals surface area contributed by atoms with E-state index in [2.05, 4.69) is 34.9 Å². The Labute approximate surface area is 255 Å². The van der Waals surface area contributed by atoms with Gasteiger partial charge in [0.25, 0.3) is 0 Å². The molecule has 10 heteroatoms. The Morgan fingerprint density at radius 1 is 0.634 bits per heavy atom. The number of carbonyl (C=O) groups excluding carboxylic acids is 2. The molecule has 0 aromatic heterocycles. The van der Waals surface area contributed by atoms with Gasteiger partial charge in [-0.25, -0.2) is 0 Å². The van der Waals surface area contributed by atoms with Gasteiger partial charge in [0.15, 0.2) is 0 Å². The van der Waals surface area contributed by atoms with Gasteiger partial charge in [-0.1, -0.05) is 97.3 Å². The molecule has 0 saturated carbocycles. The number of allylic oxidation sites excluding steroid dienone is 2. The molecule has 0 spiro atoms. The van der Waals surface area contributed by atoms with E-state index in [0.29, 0.717) is 6.54 Å². The molecule has 0 radical (unpaired) electrons. The maximum Gasteiger partial charge on any atom is 0.303 e. The summed E-state index contributed by atoms with van der Waals surface area (Å²) in [7, 11) is 3.49. The van der Waals surface area contributed by atoms with Crippen LogP contribution in [0, 0.1) is 5.92 Å². The van der Waals surface area contributed by atoms with Crippen molar-refractivity contribution in [3.63, 3.8) is 0 Å². The standard InChI is InChI=1S/C31H54N2O6S2/c1-26(34)32-23-28(19-15-11-7-3-5-9-13-17-21-30(36)37)24-40-41-25-29(33-27(2)35)20-16-12-8-4-6-10-14-18-22-31(38)39/h15-16,19-20,28-29H,3-14,17-18,21-25H2,1-2H3,(H,32,34)(H,33,35)(H,36,37)(H,38,39)/b19-15+,20-16+/t28-,29+/m0/s1. The molecule has 0 aliphatic carbocycles. The van der Waals surface area contributed by atoms with E-state index in [9.17, 15) is 19.2 Å². The lowest BCUT2D eigenvalue weighted by molar-refractivity contribution is -0.138. The van der Waals surface area contributed by atoms with Gasteiger partial charge in [-0.2, -0.15) is 0 Å². The normalized spacial score (nSPS) is 12.9. The van der Waals surface area contributed by atoms with Crippen molar-refractivity contribution in [3.05, 3.63) is 24.3 Å². The zero-order valence-electron chi connectivity index (χ0n) is 25.2. The summed E-state index contributed by atoms with van der Waals surface area (Å²) in [6.45, 7) is 3.68. The minimum Gasteiger partial charge on any atom is -0.481 e. The molecule has 0 aromatic rings. The molecule has 0 saturated heterocycles. The van der Waals surface area contributed by atoms with Gasteiger partial charge in [0.1, 0.15) is 0 Å². The Bertz CT molecular complexity index is 776. The molecule has 0 aliphatic rings. The van der Waals surface area contributed by atoms with Crippen molar-refractivity contribution in [1.29, 1.82) is 0 Å². The molecule has 0 aromatic carbocycles. The Kier molecular flexibility index (Phi) is 26.9. The van der Waals surface area contributed by atoms with Crippen LogP contribution in [0.4, 0.5) is 0 Å². The molecular formula is C31H54N2O6S2. The molecule has 0 heterocycles. The fourth-order valence-corrected chi connectivity index (χ4v) is 6.64. The van der Waals surface area contributed by atoms with E-state index in [1.165, 1.54) is 13.8 Å². The van der Waals surface area contributed by atoms with Crippen LogP contribution in [0.25, 0.3) is 0 Å². The van der Waals surface area contributed by atoms with E-state index >= 15 is 0 Å². The highest BCUT2D eigenvalue weighted by molar-refractivity contribution is 8.76. The zero-order valence-corrected chi connectivity index (χ0v) is 26.9. The third kappa shape index (κ3) is 30.8. The molecular weight excluding hydrogens is 560 g/mol. The summed E-state index contributed by atoms with van der Waals surface area (Å²) < 4.78 is 0. The fraction of sp³-hybridized carbons (Fsp3) is 0.742. The molecule has 0 rings (SSSR count). The summed E-state index contributed by atoms with van der Waals surface area (Å²) in [5.41, 5.74) is 0. The van der Waals surface area contributed by atoms with Crippen LogP contribution in [-0.4, -0.2) is 58.1 Å². The van der Waals surface area contributed by atoms with Crippen LogP contribution >= 0.6 is 21.6 Å². The van der Waals surface area contributed by atoms with Crippen molar-refractivity contribution in [2.75, 3.05) is 18.1 Å². The second kappa shape index (κ2) is 28.2. The van der Waals surface area contributed by atoms with Gasteiger partial charge >= 0.3 is 11.9 Å². The molecule has 0 fully saturated rings. The smallest absolute Gasteiger partial charge is 0.303 e. The van der Waals surface area contributed by atoms with Gasteiger partial charge in [0, 0.05) is 50.7 Å². The van der Waals surface area contributed by atoms with E-state index in [-0.39, 0.29) is 36.6 Å². The summed E-state index contributed by atoms with van der Waals surface area (Å²) >= 11 is 0. The van der Waals surface area contributed by atoms with Crippen molar-refractivity contribution in [2.24, 2.45) is 5.92 Å². The molecule has 2 amide bonds. The van der Waals surface area contributed by atoms with Gasteiger partial charge in [0.2, 0.25) is 11.8 Å². The van der Waals surface area contributed by atoms with Crippen molar-refractivity contribution < 1.29 is 29.4 Å². The summed E-state index contributed by atoms with van der Waals surface area (Å²) in [4.78, 5) is 44.2. The van der Waals surface area contributed by atoms with E-state index in [0.717, 1.165) is 101 Å². The first-order valence-corrected chi connectivity index (χ1v) is 17.7. The van der Waals surface area contributed by atoms with E-state index < -0.39 is 11.9 Å². The third-order valence-corrected chi connectivity index (χ3v) is 8.96. The molecule has 236 valence electrons. The minimum atomic E-state index is -0.718. The lowest BCUT2D eigenvalue weighted by atomic mass is 10.1. The number of carboxylic acid groups (broad SMARTS) is 2. The number of hydrogen-bond acceptors (Lipinski definition) is 6. The van der Waals surface area contributed by atoms with Crippen LogP contribution in [0.5, 0.6) is 0 Å². The summed E-state index contributed by atoms with van der Waals surface area (Å²) in [6.07, 6.45) is 23.5. The monoisotopic (exact) mass is 614 g/mol. The van der Waals surface area contributed by atoms with Gasteiger partial charge in [-0.15, -0.1) is 0 Å². The summed E-state index contributed by atoms with van der Waals surface area (Å²) in [6, 6.07) is -0.0190. The van der Waals surface area contributed by atoms with Crippen LogP contribution in [0.1, 0.15) is 117 Å². The maximum atomic E-state index is 11.7. The first-order valence-electron chi connectivity index (χ1n) is 15.2. The van der Waals surface area contributed by atoms with Crippen molar-refractivity contribution in [3.8, 4) is 0 Å². The van der Waals surface area contributed by atoms with Gasteiger partial charge in [0.05, 0.1) is 6.04 Å². The zero-order chi connectivity index (χ0) is 30.6. The number of hydrogen-bond donors (Lipinski definition) is 4. The lowest BCUT2D eigenvalue weighted by Crippen LogP contribution is -2.33. The van der Waals surface area contributed by atoms with Crippen LogP contribution < -0.4 is 10.6 Å². The van der Waals surface area contributed by atoms with Gasteiger partial charge in [-0.05, 0) is 38.5 Å². The van der Waals surface area contributed by atoms with E-state index in [1.807, 2.05) is 0 Å². The largest absolute Gasteiger partial charge is 0.481 e. The number of carboxylic acids is 2. The quantitative estimate of drug-likeness (QED) is 0.0415. The second-order valence-corrected chi connectivity index (χ2v) is 13.1. The van der Waals surface area contributed by atoms with Gasteiger partial charge < -0.3 is 20.8 Å². The Morgan fingerprint density at radius 3 is 1.59 bits per heavy atom. The van der Waals surface area contributed by atoms with Crippen molar-refractivity contribution >= 4 is 45.3 Å². The van der Waals surface area contributed by atoms with Gasteiger partial charge in [-0.3, -0.25) is 19.2 Å². The molecule has 41 heavy (non-hydrogen) atoms. The number of unbranched alkanes of at least 4 members (excludes halogenated alkanes) is 12. The maximum absolute atomic E-state index is 11.7. The molecule has 0 aliphatic heterocycles. The number of carbonyl (C=O) groups is 4. The van der Waals surface area contributed by atoms with Crippen LogP contribution in [0.3, 0.4) is 0 Å². The highest BCUT2D eigenvalue weighted by Gasteiger charge is 2.10. The lowest BCUT2D eigenvalue weighted by Gasteiger charge is -2.15. The van der Waals surface area contributed by atoms with Crippen molar-refractivity contribution in [2.45, 2.75) is 123 Å².